The van der Waals surface area contributed by atoms with Crippen molar-refractivity contribution in [3.63, 3.8) is 0 Å². The van der Waals surface area contributed by atoms with Crippen LogP contribution in [0.15, 0.2) is 6.33 Å². The summed E-state index contributed by atoms with van der Waals surface area (Å²) < 4.78 is 2.17. The Labute approximate surface area is 116 Å². The van der Waals surface area contributed by atoms with Gasteiger partial charge in [0.1, 0.15) is 12.2 Å². The maximum absolute atomic E-state index is 4.24. The molecular weight excluding hydrogens is 238 g/mol. The van der Waals surface area contributed by atoms with E-state index in [1.54, 1.807) is 0 Å². The SMILES string of the molecule is CCCn1cnnc1CN(C)CC1CCN(CC)C1. The largest absolute Gasteiger partial charge is 0.317 e. The number of aryl methyl sites for hydroxylation is 1. The van der Waals surface area contributed by atoms with E-state index in [9.17, 15) is 0 Å². The van der Waals surface area contributed by atoms with Crippen molar-refractivity contribution >= 4 is 0 Å². The van der Waals surface area contributed by atoms with Gasteiger partial charge in [-0.05, 0) is 38.9 Å². The molecule has 1 aliphatic rings. The van der Waals surface area contributed by atoms with Crippen LogP contribution in [0.4, 0.5) is 0 Å². The highest BCUT2D eigenvalue weighted by molar-refractivity contribution is 4.86. The molecule has 0 amide bonds. The minimum Gasteiger partial charge on any atom is -0.317 e. The lowest BCUT2D eigenvalue weighted by Crippen LogP contribution is -2.29. The van der Waals surface area contributed by atoms with Crippen molar-refractivity contribution in [1.29, 1.82) is 0 Å². The van der Waals surface area contributed by atoms with Crippen molar-refractivity contribution < 1.29 is 0 Å². The number of hydrogen-bond donors (Lipinski definition) is 0. The van der Waals surface area contributed by atoms with Crippen molar-refractivity contribution in [3.05, 3.63) is 12.2 Å². The summed E-state index contributed by atoms with van der Waals surface area (Å²) in [6.07, 6.45) is 4.31. The minimum absolute atomic E-state index is 0.812. The van der Waals surface area contributed by atoms with Crippen LogP contribution in [0.2, 0.25) is 0 Å². The van der Waals surface area contributed by atoms with Crippen molar-refractivity contribution in [2.75, 3.05) is 33.2 Å². The molecule has 1 unspecified atom stereocenters. The maximum Gasteiger partial charge on any atom is 0.146 e. The molecule has 0 aromatic carbocycles. The Kier molecular flexibility index (Phi) is 5.34. The lowest BCUT2D eigenvalue weighted by Gasteiger charge is -2.21. The summed E-state index contributed by atoms with van der Waals surface area (Å²) in [5.74, 6) is 1.90. The Morgan fingerprint density at radius 2 is 2.26 bits per heavy atom. The molecular formula is C14H27N5. The molecule has 1 aromatic rings. The summed E-state index contributed by atoms with van der Waals surface area (Å²) in [7, 11) is 2.19. The van der Waals surface area contributed by atoms with E-state index in [0.29, 0.717) is 0 Å². The third-order valence-electron chi connectivity index (χ3n) is 3.96. The van der Waals surface area contributed by atoms with Crippen LogP contribution in [0.5, 0.6) is 0 Å². The first-order chi connectivity index (χ1) is 9.22. The van der Waals surface area contributed by atoms with Crippen LogP contribution in [0.25, 0.3) is 0 Å². The van der Waals surface area contributed by atoms with E-state index in [1.807, 2.05) is 6.33 Å². The number of hydrogen-bond acceptors (Lipinski definition) is 4. The zero-order valence-corrected chi connectivity index (χ0v) is 12.5. The monoisotopic (exact) mass is 265 g/mol. The van der Waals surface area contributed by atoms with E-state index in [2.05, 4.69) is 45.5 Å². The van der Waals surface area contributed by atoms with Crippen LogP contribution in [0.3, 0.4) is 0 Å². The standard InChI is InChI=1S/C14H27N5/c1-4-7-19-12-15-16-14(19)11-17(3)9-13-6-8-18(5-2)10-13/h12-13H,4-11H2,1-3H3. The van der Waals surface area contributed by atoms with Crippen molar-refractivity contribution in [1.82, 2.24) is 24.6 Å². The molecule has 108 valence electrons. The Balaban J connectivity index is 1.80. The Morgan fingerprint density at radius 1 is 1.42 bits per heavy atom. The van der Waals surface area contributed by atoms with Gasteiger partial charge in [-0.2, -0.15) is 0 Å². The molecule has 0 aliphatic carbocycles. The van der Waals surface area contributed by atoms with Gasteiger partial charge in [0.25, 0.3) is 0 Å². The van der Waals surface area contributed by atoms with Gasteiger partial charge in [-0.3, -0.25) is 4.90 Å². The number of nitrogens with zero attached hydrogens (tertiary/aromatic N) is 5. The molecule has 0 saturated carbocycles. The Bertz CT molecular complexity index is 376. The fourth-order valence-corrected chi connectivity index (χ4v) is 2.92. The number of rotatable bonds is 7. The van der Waals surface area contributed by atoms with E-state index in [1.165, 1.54) is 26.1 Å². The molecule has 0 bridgehead atoms. The summed E-state index contributed by atoms with van der Waals surface area (Å²) in [6.45, 7) is 11.2. The van der Waals surface area contributed by atoms with E-state index >= 15 is 0 Å². The highest BCUT2D eigenvalue weighted by Gasteiger charge is 2.22. The molecule has 0 radical (unpaired) electrons. The van der Waals surface area contributed by atoms with E-state index in [0.717, 1.165) is 37.8 Å². The van der Waals surface area contributed by atoms with E-state index in [-0.39, 0.29) is 0 Å². The zero-order valence-electron chi connectivity index (χ0n) is 12.5. The van der Waals surface area contributed by atoms with Crippen LogP contribution >= 0.6 is 0 Å². The molecule has 5 heteroatoms. The summed E-state index contributed by atoms with van der Waals surface area (Å²) in [6, 6.07) is 0. The van der Waals surface area contributed by atoms with Gasteiger partial charge in [0.2, 0.25) is 0 Å². The number of aromatic nitrogens is 3. The van der Waals surface area contributed by atoms with Gasteiger partial charge in [-0.1, -0.05) is 13.8 Å². The third kappa shape index (κ3) is 4.01. The quantitative estimate of drug-likeness (QED) is 0.748. The Hall–Kier alpha value is -0.940. The molecule has 5 nitrogen and oxygen atoms in total. The smallest absolute Gasteiger partial charge is 0.146 e. The van der Waals surface area contributed by atoms with Gasteiger partial charge in [-0.25, -0.2) is 0 Å². The lowest BCUT2D eigenvalue weighted by molar-refractivity contribution is 0.253. The molecule has 1 atom stereocenters. The first kappa shape index (κ1) is 14.5. The summed E-state index contributed by atoms with van der Waals surface area (Å²) in [5.41, 5.74) is 0. The molecule has 2 heterocycles. The second kappa shape index (κ2) is 7.01. The van der Waals surface area contributed by atoms with Crippen molar-refractivity contribution in [3.8, 4) is 0 Å². The average Bonchev–Trinajstić information content (AvgIpc) is 3.00. The van der Waals surface area contributed by atoms with Crippen LogP contribution < -0.4 is 0 Å². The second-order valence-electron chi connectivity index (χ2n) is 5.69. The van der Waals surface area contributed by atoms with Crippen LogP contribution in [0, 0.1) is 5.92 Å². The molecule has 1 fully saturated rings. The fourth-order valence-electron chi connectivity index (χ4n) is 2.92. The van der Waals surface area contributed by atoms with E-state index < -0.39 is 0 Å². The molecule has 0 N–H and O–H groups in total. The highest BCUT2D eigenvalue weighted by Crippen LogP contribution is 2.17. The second-order valence-corrected chi connectivity index (χ2v) is 5.69. The molecule has 1 saturated heterocycles. The predicted octanol–water partition coefficient (Wildman–Crippen LogP) is 1.46. The molecule has 1 aliphatic heterocycles. The molecule has 19 heavy (non-hydrogen) atoms. The summed E-state index contributed by atoms with van der Waals surface area (Å²) in [5, 5.41) is 8.27. The van der Waals surface area contributed by atoms with E-state index in [4.69, 9.17) is 0 Å². The van der Waals surface area contributed by atoms with Crippen LogP contribution in [-0.2, 0) is 13.1 Å². The minimum atomic E-state index is 0.812. The topological polar surface area (TPSA) is 37.2 Å². The average molecular weight is 265 g/mol. The van der Waals surface area contributed by atoms with Gasteiger partial charge in [-0.15, -0.1) is 10.2 Å². The first-order valence-corrected chi connectivity index (χ1v) is 7.50. The molecule has 0 spiro atoms. The Morgan fingerprint density at radius 3 is 2.95 bits per heavy atom. The summed E-state index contributed by atoms with van der Waals surface area (Å²) >= 11 is 0. The van der Waals surface area contributed by atoms with Crippen molar-refractivity contribution in [2.45, 2.75) is 39.8 Å². The van der Waals surface area contributed by atoms with Gasteiger partial charge >= 0.3 is 0 Å². The van der Waals surface area contributed by atoms with Crippen molar-refractivity contribution in [2.24, 2.45) is 5.92 Å². The fraction of sp³-hybridized carbons (Fsp3) is 0.857. The van der Waals surface area contributed by atoms with Gasteiger partial charge in [0.15, 0.2) is 0 Å². The number of likely N-dealkylation sites (tertiary alicyclic amines) is 1. The summed E-state index contributed by atoms with van der Waals surface area (Å²) in [4.78, 5) is 4.93. The van der Waals surface area contributed by atoms with Gasteiger partial charge in [0.05, 0.1) is 6.54 Å². The highest BCUT2D eigenvalue weighted by atomic mass is 15.3. The molecule has 2 rings (SSSR count). The lowest BCUT2D eigenvalue weighted by atomic mass is 10.1. The van der Waals surface area contributed by atoms with Crippen LogP contribution in [0.1, 0.15) is 32.5 Å². The first-order valence-electron chi connectivity index (χ1n) is 7.50. The van der Waals surface area contributed by atoms with Gasteiger partial charge in [0, 0.05) is 19.6 Å². The van der Waals surface area contributed by atoms with Crippen LogP contribution in [-0.4, -0.2) is 57.8 Å². The third-order valence-corrected chi connectivity index (χ3v) is 3.96. The maximum atomic E-state index is 4.24. The molecule has 1 aromatic heterocycles. The van der Waals surface area contributed by atoms with Gasteiger partial charge < -0.3 is 9.47 Å². The predicted molar refractivity (Wildman–Crippen MR) is 76.9 cm³/mol. The normalized spacial score (nSPS) is 20.5. The zero-order chi connectivity index (χ0) is 13.7.